The molecule has 4 aromatic rings. The molecule has 5 rings (SSSR count). The van der Waals surface area contributed by atoms with Crippen molar-refractivity contribution >= 4 is 52.1 Å². The normalized spacial score (nSPS) is 15.7. The lowest BCUT2D eigenvalue weighted by Crippen LogP contribution is -2.27. The third kappa shape index (κ3) is 7.77. The lowest BCUT2D eigenvalue weighted by molar-refractivity contribution is 0.0522. The number of carbonyl (C=O) groups is 1. The van der Waals surface area contributed by atoms with E-state index >= 15 is 4.39 Å². The number of benzene rings is 1. The first-order valence-corrected chi connectivity index (χ1v) is 15.8. The summed E-state index contributed by atoms with van der Waals surface area (Å²) >= 11 is 12.7. The molecule has 3 aromatic heterocycles. The number of rotatable bonds is 7. The molecule has 0 spiro atoms. The van der Waals surface area contributed by atoms with Gasteiger partial charge in [0.05, 0.1) is 21.3 Å². The SMILES string of the molecule is CC(Oc1ccc2c(c1)c(/C=C(\F)c1ccc(CC3CCCCCC3)nc1)nn2C(=O)OC(C)(C)C)c1c(Cl)cncc1Cl. The first-order chi connectivity index (χ1) is 21.0. The Bertz CT molecular complexity index is 1640. The lowest BCUT2D eigenvalue weighted by atomic mass is 9.94. The Morgan fingerprint density at radius 3 is 2.41 bits per heavy atom. The predicted octanol–water partition coefficient (Wildman–Crippen LogP) is 10.0. The van der Waals surface area contributed by atoms with Gasteiger partial charge in [0.1, 0.15) is 23.3 Å². The zero-order chi connectivity index (χ0) is 31.4. The third-order valence-electron chi connectivity index (χ3n) is 7.69. The third-order valence-corrected chi connectivity index (χ3v) is 8.29. The van der Waals surface area contributed by atoms with Crippen molar-refractivity contribution in [3.63, 3.8) is 0 Å². The van der Waals surface area contributed by atoms with Gasteiger partial charge in [-0.05, 0) is 70.4 Å². The molecule has 7 nitrogen and oxygen atoms in total. The summed E-state index contributed by atoms with van der Waals surface area (Å²) in [6.07, 6.45) is 13.2. The molecule has 0 amide bonds. The fraction of sp³-hybridized carbons (Fsp3) is 0.412. The molecule has 1 atom stereocenters. The Hall–Kier alpha value is -3.49. The number of aromatic nitrogens is 4. The second-order valence-corrected chi connectivity index (χ2v) is 13.1. The highest BCUT2D eigenvalue weighted by Crippen LogP contribution is 2.35. The summed E-state index contributed by atoms with van der Waals surface area (Å²) in [7, 11) is 0. The van der Waals surface area contributed by atoms with Crippen molar-refractivity contribution in [2.45, 2.75) is 84.3 Å². The molecule has 1 aliphatic carbocycles. The lowest BCUT2D eigenvalue weighted by Gasteiger charge is -2.19. The molecule has 1 fully saturated rings. The van der Waals surface area contributed by atoms with Crippen LogP contribution in [-0.4, -0.2) is 31.4 Å². The molecule has 1 aliphatic rings. The monoisotopic (exact) mass is 638 g/mol. The van der Waals surface area contributed by atoms with Gasteiger partial charge >= 0.3 is 6.09 Å². The zero-order valence-electron chi connectivity index (χ0n) is 25.4. The number of fused-ring (bicyclic) bond motifs is 1. The highest BCUT2D eigenvalue weighted by Gasteiger charge is 2.23. The smallest absolute Gasteiger partial charge is 0.435 e. The Morgan fingerprint density at radius 1 is 1.07 bits per heavy atom. The van der Waals surface area contributed by atoms with Crippen LogP contribution in [0.25, 0.3) is 22.8 Å². The topological polar surface area (TPSA) is 79.1 Å². The summed E-state index contributed by atoms with van der Waals surface area (Å²) in [5.74, 6) is 0.561. The number of nitrogens with zero attached hydrogens (tertiary/aromatic N) is 4. The van der Waals surface area contributed by atoms with Gasteiger partial charge in [0, 0.05) is 46.9 Å². The van der Waals surface area contributed by atoms with E-state index < -0.39 is 23.6 Å². The van der Waals surface area contributed by atoms with Gasteiger partial charge in [-0.3, -0.25) is 9.97 Å². The molecule has 3 heterocycles. The molecule has 0 saturated heterocycles. The van der Waals surface area contributed by atoms with Gasteiger partial charge in [-0.25, -0.2) is 9.18 Å². The highest BCUT2D eigenvalue weighted by molar-refractivity contribution is 6.35. The maximum Gasteiger partial charge on any atom is 0.435 e. The van der Waals surface area contributed by atoms with E-state index in [2.05, 4.69) is 15.1 Å². The minimum absolute atomic E-state index is 0.240. The van der Waals surface area contributed by atoms with Gasteiger partial charge in [0.15, 0.2) is 0 Å². The van der Waals surface area contributed by atoms with Gasteiger partial charge in [0.25, 0.3) is 0 Å². The van der Waals surface area contributed by atoms with Crippen molar-refractivity contribution in [1.29, 1.82) is 0 Å². The molecule has 0 N–H and O–H groups in total. The van der Waals surface area contributed by atoms with Crippen LogP contribution in [-0.2, 0) is 11.2 Å². The summed E-state index contributed by atoms with van der Waals surface area (Å²) in [4.78, 5) is 21.6. The van der Waals surface area contributed by atoms with Gasteiger partial charge in [-0.2, -0.15) is 9.78 Å². The number of halogens is 3. The second kappa shape index (κ2) is 13.7. The minimum Gasteiger partial charge on any atom is -0.486 e. The number of carbonyl (C=O) groups excluding carboxylic acids is 1. The molecule has 44 heavy (non-hydrogen) atoms. The summed E-state index contributed by atoms with van der Waals surface area (Å²) in [5, 5.41) is 5.71. The molecule has 1 saturated carbocycles. The van der Waals surface area contributed by atoms with Crippen LogP contribution in [0.5, 0.6) is 5.75 Å². The average molecular weight is 640 g/mol. The molecular weight excluding hydrogens is 602 g/mol. The Labute approximate surface area is 267 Å². The van der Waals surface area contributed by atoms with Gasteiger partial charge in [-0.15, -0.1) is 0 Å². The van der Waals surface area contributed by atoms with E-state index in [1.54, 1.807) is 51.2 Å². The van der Waals surface area contributed by atoms with E-state index in [9.17, 15) is 4.79 Å². The fourth-order valence-electron chi connectivity index (χ4n) is 5.57. The molecule has 0 radical (unpaired) electrons. The zero-order valence-corrected chi connectivity index (χ0v) is 27.0. The number of ether oxygens (including phenoxy) is 2. The Balaban J connectivity index is 1.46. The van der Waals surface area contributed by atoms with Crippen molar-refractivity contribution in [2.75, 3.05) is 0 Å². The van der Waals surface area contributed by atoms with Crippen LogP contribution in [0.1, 0.15) is 94.8 Å². The Kier molecular flexibility index (Phi) is 9.90. The summed E-state index contributed by atoms with van der Waals surface area (Å²) in [6, 6.07) is 8.73. The molecule has 10 heteroatoms. The number of pyridine rings is 2. The largest absolute Gasteiger partial charge is 0.486 e. The summed E-state index contributed by atoms with van der Waals surface area (Å²) in [6.45, 7) is 7.12. The molecule has 1 aromatic carbocycles. The molecule has 0 bridgehead atoms. The van der Waals surface area contributed by atoms with Crippen LogP contribution in [0.15, 0.2) is 48.9 Å². The number of hydrogen-bond acceptors (Lipinski definition) is 6. The van der Waals surface area contributed by atoms with E-state index in [1.165, 1.54) is 57.0 Å². The molecule has 1 unspecified atom stereocenters. The van der Waals surface area contributed by atoms with E-state index in [1.807, 2.05) is 13.0 Å². The average Bonchev–Trinajstić information content (AvgIpc) is 3.11. The van der Waals surface area contributed by atoms with E-state index in [0.29, 0.717) is 43.7 Å². The maximum absolute atomic E-state index is 15.7. The molecule has 232 valence electrons. The van der Waals surface area contributed by atoms with Crippen molar-refractivity contribution in [3.05, 3.63) is 81.5 Å². The van der Waals surface area contributed by atoms with Crippen molar-refractivity contribution in [3.8, 4) is 5.75 Å². The molecule has 0 aliphatic heterocycles. The van der Waals surface area contributed by atoms with Crippen molar-refractivity contribution in [2.24, 2.45) is 5.92 Å². The molecular formula is C34H37Cl2FN4O3. The van der Waals surface area contributed by atoms with Crippen molar-refractivity contribution in [1.82, 2.24) is 19.7 Å². The van der Waals surface area contributed by atoms with Crippen molar-refractivity contribution < 1.29 is 18.7 Å². The summed E-state index contributed by atoms with van der Waals surface area (Å²) in [5.41, 5.74) is 1.83. The minimum atomic E-state index is -0.748. The van der Waals surface area contributed by atoms with Crippen LogP contribution in [0.4, 0.5) is 9.18 Å². The first-order valence-electron chi connectivity index (χ1n) is 15.0. The van der Waals surface area contributed by atoms with E-state index in [0.717, 1.165) is 16.8 Å². The van der Waals surface area contributed by atoms with Gasteiger partial charge < -0.3 is 9.47 Å². The quantitative estimate of drug-likeness (QED) is 0.187. The van der Waals surface area contributed by atoms with Crippen LogP contribution in [0, 0.1) is 5.92 Å². The van der Waals surface area contributed by atoms with Gasteiger partial charge in [0.2, 0.25) is 0 Å². The van der Waals surface area contributed by atoms with Crippen LogP contribution in [0.3, 0.4) is 0 Å². The van der Waals surface area contributed by atoms with Gasteiger partial charge in [-0.1, -0.05) is 61.7 Å². The predicted molar refractivity (Wildman–Crippen MR) is 173 cm³/mol. The number of hydrogen-bond donors (Lipinski definition) is 0. The standard InChI is InChI=1S/C34H37Cl2FN4O3/c1-21(32-27(35)19-38-20-28(32)36)43-25-13-14-31-26(16-25)30(40-41(31)33(42)44-34(2,3)4)17-29(37)23-11-12-24(39-18-23)15-22-9-7-5-6-8-10-22/h11-14,16-22H,5-10,15H2,1-4H3/b29-17-. The Morgan fingerprint density at radius 2 is 1.77 bits per heavy atom. The fourth-order valence-corrected chi connectivity index (χ4v) is 6.24. The summed E-state index contributed by atoms with van der Waals surface area (Å²) < 4.78 is 28.6. The van der Waals surface area contributed by atoms with Crippen LogP contribution in [0.2, 0.25) is 10.0 Å². The van der Waals surface area contributed by atoms with E-state index in [4.69, 9.17) is 32.7 Å². The highest BCUT2D eigenvalue weighted by atomic mass is 35.5. The first kappa shape index (κ1) is 31.9. The maximum atomic E-state index is 15.7. The van der Waals surface area contributed by atoms with Crippen LogP contribution >= 0.6 is 23.2 Å². The van der Waals surface area contributed by atoms with E-state index in [-0.39, 0.29) is 5.69 Å². The van der Waals surface area contributed by atoms with Crippen LogP contribution < -0.4 is 4.74 Å². The second-order valence-electron chi connectivity index (χ2n) is 12.3.